The Morgan fingerprint density at radius 2 is 1.05 bits per heavy atom. The molecule has 0 amide bonds. The second-order valence-electron chi connectivity index (χ2n) is 8.36. The van der Waals surface area contributed by atoms with Gasteiger partial charge in [-0.2, -0.15) is 0 Å². The van der Waals surface area contributed by atoms with Crippen LogP contribution in [0.2, 0.25) is 0 Å². The molecule has 0 bridgehead atoms. The zero-order chi connectivity index (χ0) is 15.7. The summed E-state index contributed by atoms with van der Waals surface area (Å²) in [5.41, 5.74) is 0. The molecule has 20 heavy (non-hydrogen) atoms. The summed E-state index contributed by atoms with van der Waals surface area (Å²) in [6, 6.07) is 0. The predicted octanol–water partition coefficient (Wildman–Crippen LogP) is 7.18. The van der Waals surface area contributed by atoms with Crippen LogP contribution in [0.25, 0.3) is 0 Å². The van der Waals surface area contributed by atoms with E-state index >= 15 is 0 Å². The molecule has 0 fully saturated rings. The van der Waals surface area contributed by atoms with Gasteiger partial charge in [0.15, 0.2) is 0 Å². The maximum atomic E-state index is 2.47. The van der Waals surface area contributed by atoms with Crippen LogP contribution < -0.4 is 0 Å². The van der Waals surface area contributed by atoms with Crippen molar-refractivity contribution in [1.82, 2.24) is 0 Å². The molecule has 0 aromatic carbocycles. The summed E-state index contributed by atoms with van der Waals surface area (Å²) in [7, 11) is 0. The molecule has 0 N–H and O–H groups in total. The van der Waals surface area contributed by atoms with Crippen molar-refractivity contribution in [1.29, 1.82) is 0 Å². The Hall–Kier alpha value is 0. The van der Waals surface area contributed by atoms with Gasteiger partial charge in [0, 0.05) is 0 Å². The molecule has 5 atom stereocenters. The summed E-state index contributed by atoms with van der Waals surface area (Å²) < 4.78 is 0. The van der Waals surface area contributed by atoms with Gasteiger partial charge in [-0.05, 0) is 54.8 Å². The Morgan fingerprint density at radius 3 is 1.55 bits per heavy atom. The van der Waals surface area contributed by atoms with Crippen LogP contribution in [-0.4, -0.2) is 0 Å². The van der Waals surface area contributed by atoms with Crippen molar-refractivity contribution < 1.29 is 0 Å². The van der Waals surface area contributed by atoms with Crippen LogP contribution in [0.15, 0.2) is 0 Å². The average molecular weight is 283 g/mol. The van der Waals surface area contributed by atoms with Crippen molar-refractivity contribution in [3.05, 3.63) is 0 Å². The lowest BCUT2D eigenvalue weighted by atomic mass is 9.82. The van der Waals surface area contributed by atoms with Gasteiger partial charge in [0.2, 0.25) is 0 Å². The van der Waals surface area contributed by atoms with Gasteiger partial charge in [-0.3, -0.25) is 0 Å². The highest BCUT2D eigenvalue weighted by atomic mass is 14.2. The van der Waals surface area contributed by atoms with Gasteiger partial charge in [-0.15, -0.1) is 0 Å². The van der Waals surface area contributed by atoms with Gasteiger partial charge >= 0.3 is 0 Å². The third-order valence-corrected chi connectivity index (χ3v) is 5.21. The maximum Gasteiger partial charge on any atom is -0.0417 e. The fraction of sp³-hybridized carbons (Fsp3) is 1.00. The molecule has 0 nitrogen and oxygen atoms in total. The molecule has 0 radical (unpaired) electrons. The van der Waals surface area contributed by atoms with E-state index < -0.39 is 0 Å². The topological polar surface area (TPSA) is 0 Å². The van der Waals surface area contributed by atoms with Crippen molar-refractivity contribution in [2.24, 2.45) is 35.5 Å². The molecule has 0 aliphatic carbocycles. The molecule has 0 aliphatic rings. The van der Waals surface area contributed by atoms with Crippen LogP contribution in [-0.2, 0) is 0 Å². The number of hydrogen-bond donors (Lipinski definition) is 0. The van der Waals surface area contributed by atoms with Gasteiger partial charge in [-0.1, -0.05) is 74.7 Å². The molecular formula is C20H42. The average Bonchev–Trinajstić information content (AvgIpc) is 2.33. The molecule has 0 aliphatic heterocycles. The lowest BCUT2D eigenvalue weighted by molar-refractivity contribution is 0.279. The van der Waals surface area contributed by atoms with Gasteiger partial charge in [0.05, 0.1) is 0 Å². The van der Waals surface area contributed by atoms with Crippen molar-refractivity contribution in [3.8, 4) is 0 Å². The first-order valence-corrected chi connectivity index (χ1v) is 9.26. The van der Waals surface area contributed by atoms with E-state index in [1.54, 1.807) is 0 Å². The van der Waals surface area contributed by atoms with E-state index in [0.29, 0.717) is 0 Å². The lowest BCUT2D eigenvalue weighted by Gasteiger charge is -2.24. The second kappa shape index (κ2) is 10.7. The standard InChI is InChI=1S/C20H42/c1-9-19(7)20(8)11-10-16(4)13-18(6)14-17(5)12-15(2)3/h15-20H,9-14H2,1-8H3. The van der Waals surface area contributed by atoms with Crippen LogP contribution in [0.1, 0.15) is 93.9 Å². The van der Waals surface area contributed by atoms with Crippen molar-refractivity contribution in [3.63, 3.8) is 0 Å². The van der Waals surface area contributed by atoms with E-state index in [1.807, 2.05) is 0 Å². The van der Waals surface area contributed by atoms with Gasteiger partial charge in [0.1, 0.15) is 0 Å². The minimum absolute atomic E-state index is 0.853. The minimum Gasteiger partial charge on any atom is -0.0651 e. The Labute approximate surface area is 130 Å². The molecule has 5 unspecified atom stereocenters. The summed E-state index contributed by atoms with van der Waals surface area (Å²) >= 11 is 0. The van der Waals surface area contributed by atoms with Crippen molar-refractivity contribution in [2.45, 2.75) is 93.9 Å². The van der Waals surface area contributed by atoms with Crippen LogP contribution in [0, 0.1) is 35.5 Å². The normalized spacial score (nSPS) is 19.6. The first-order chi connectivity index (χ1) is 9.26. The van der Waals surface area contributed by atoms with E-state index in [2.05, 4.69) is 55.4 Å². The van der Waals surface area contributed by atoms with Crippen LogP contribution in [0.3, 0.4) is 0 Å². The van der Waals surface area contributed by atoms with E-state index in [4.69, 9.17) is 0 Å². The zero-order valence-electron chi connectivity index (χ0n) is 15.7. The molecule has 0 saturated carbocycles. The minimum atomic E-state index is 0.853. The molecule has 122 valence electrons. The third kappa shape index (κ3) is 9.83. The van der Waals surface area contributed by atoms with Crippen LogP contribution >= 0.6 is 0 Å². The summed E-state index contributed by atoms with van der Waals surface area (Å²) in [6.07, 6.45) is 8.42. The molecule has 0 spiro atoms. The summed E-state index contributed by atoms with van der Waals surface area (Å²) in [6.45, 7) is 19.2. The van der Waals surface area contributed by atoms with E-state index in [-0.39, 0.29) is 0 Å². The Balaban J connectivity index is 3.87. The SMILES string of the molecule is CCC(C)C(C)CCC(C)CC(C)CC(C)CC(C)C. The summed E-state index contributed by atoms with van der Waals surface area (Å²) in [5, 5.41) is 0. The smallest absolute Gasteiger partial charge is 0.0417 e. The van der Waals surface area contributed by atoms with Gasteiger partial charge in [0.25, 0.3) is 0 Å². The fourth-order valence-electron chi connectivity index (χ4n) is 3.72. The first-order valence-electron chi connectivity index (χ1n) is 9.26. The number of rotatable bonds is 11. The molecule has 0 rings (SSSR count). The molecule has 0 heterocycles. The fourth-order valence-corrected chi connectivity index (χ4v) is 3.72. The Bertz CT molecular complexity index is 218. The summed E-state index contributed by atoms with van der Waals surface area (Å²) in [4.78, 5) is 0. The molecule has 0 aromatic rings. The van der Waals surface area contributed by atoms with Gasteiger partial charge in [-0.25, -0.2) is 0 Å². The van der Waals surface area contributed by atoms with Crippen LogP contribution in [0.5, 0.6) is 0 Å². The third-order valence-electron chi connectivity index (χ3n) is 5.21. The Morgan fingerprint density at radius 1 is 0.550 bits per heavy atom. The van der Waals surface area contributed by atoms with Crippen LogP contribution in [0.4, 0.5) is 0 Å². The Kier molecular flexibility index (Phi) is 10.7. The highest BCUT2D eigenvalue weighted by Crippen LogP contribution is 2.28. The van der Waals surface area contributed by atoms with E-state index in [0.717, 1.165) is 35.5 Å². The summed E-state index contributed by atoms with van der Waals surface area (Å²) in [5.74, 6) is 5.35. The monoisotopic (exact) mass is 282 g/mol. The molecule has 0 aromatic heterocycles. The van der Waals surface area contributed by atoms with Crippen molar-refractivity contribution >= 4 is 0 Å². The highest BCUT2D eigenvalue weighted by Gasteiger charge is 2.16. The van der Waals surface area contributed by atoms with E-state index in [9.17, 15) is 0 Å². The predicted molar refractivity (Wildman–Crippen MR) is 94.0 cm³/mol. The quantitative estimate of drug-likeness (QED) is 0.376. The molecule has 0 heteroatoms. The molecule has 0 saturated heterocycles. The van der Waals surface area contributed by atoms with Gasteiger partial charge < -0.3 is 0 Å². The van der Waals surface area contributed by atoms with E-state index in [1.165, 1.54) is 38.5 Å². The first kappa shape index (κ1) is 20.0. The number of hydrogen-bond acceptors (Lipinski definition) is 0. The second-order valence-corrected chi connectivity index (χ2v) is 8.36. The zero-order valence-corrected chi connectivity index (χ0v) is 15.7. The molecular weight excluding hydrogens is 240 g/mol. The maximum absolute atomic E-state index is 2.47. The highest BCUT2D eigenvalue weighted by molar-refractivity contribution is 4.67. The lowest BCUT2D eigenvalue weighted by Crippen LogP contribution is -2.12. The van der Waals surface area contributed by atoms with Crippen molar-refractivity contribution in [2.75, 3.05) is 0 Å². The largest absolute Gasteiger partial charge is 0.0651 e.